The van der Waals surface area contributed by atoms with Crippen LogP contribution in [0.2, 0.25) is 5.02 Å². The Kier molecular flexibility index (Phi) is 10.6. The van der Waals surface area contributed by atoms with Crippen LogP contribution in [0.3, 0.4) is 0 Å². The number of nitrogens with zero attached hydrogens (tertiary/aromatic N) is 2. The van der Waals surface area contributed by atoms with Crippen molar-refractivity contribution in [2.45, 2.75) is 59.2 Å². The maximum absolute atomic E-state index is 13.7. The molecule has 0 saturated carbocycles. The molecule has 0 aliphatic rings. The van der Waals surface area contributed by atoms with Crippen molar-refractivity contribution in [3.63, 3.8) is 0 Å². The van der Waals surface area contributed by atoms with Crippen LogP contribution in [0.25, 0.3) is 0 Å². The molecule has 0 aliphatic heterocycles. The normalized spacial score (nSPS) is 13.0. The second-order valence-electron chi connectivity index (χ2n) is 8.84. The number of carbonyl (C=O) groups excluding carboxylic acids is 2. The summed E-state index contributed by atoms with van der Waals surface area (Å²) >= 11 is 6.23. The van der Waals surface area contributed by atoms with E-state index in [-0.39, 0.29) is 29.2 Å². The number of hydrogen-bond donors (Lipinski definition) is 1. The molecule has 0 saturated heterocycles. The summed E-state index contributed by atoms with van der Waals surface area (Å²) in [7, 11) is -2.40. The van der Waals surface area contributed by atoms with Crippen molar-refractivity contribution >= 4 is 39.1 Å². The molecule has 0 aliphatic carbocycles. The van der Waals surface area contributed by atoms with Crippen molar-refractivity contribution < 1.29 is 22.7 Å². The minimum absolute atomic E-state index is 0.0589. The van der Waals surface area contributed by atoms with Crippen LogP contribution in [-0.2, 0) is 26.2 Å². The van der Waals surface area contributed by atoms with Gasteiger partial charge in [0.25, 0.3) is 0 Å². The zero-order chi connectivity index (χ0) is 27.0. The van der Waals surface area contributed by atoms with E-state index in [1.165, 1.54) is 24.1 Å². The molecule has 2 aromatic rings. The van der Waals surface area contributed by atoms with Crippen molar-refractivity contribution in [2.24, 2.45) is 0 Å². The van der Waals surface area contributed by atoms with Gasteiger partial charge in [-0.05, 0) is 50.5 Å². The first-order chi connectivity index (χ1) is 16.9. The first-order valence-corrected chi connectivity index (χ1v) is 14.1. The zero-order valence-electron chi connectivity index (χ0n) is 21.7. The highest BCUT2D eigenvalue weighted by molar-refractivity contribution is 7.92. The molecule has 0 heterocycles. The minimum atomic E-state index is -3.85. The summed E-state index contributed by atoms with van der Waals surface area (Å²) in [5, 5.41) is 3.17. The lowest BCUT2D eigenvalue weighted by Gasteiger charge is -2.33. The number of nitrogens with one attached hydrogen (secondary N) is 1. The number of rotatable bonds is 12. The fourth-order valence-corrected chi connectivity index (χ4v) is 4.89. The van der Waals surface area contributed by atoms with Gasteiger partial charge in [-0.3, -0.25) is 13.9 Å². The number of carbonyl (C=O) groups is 2. The predicted octanol–water partition coefficient (Wildman–Crippen LogP) is 4.15. The van der Waals surface area contributed by atoms with Crippen LogP contribution in [0.15, 0.2) is 42.5 Å². The van der Waals surface area contributed by atoms with Crippen LogP contribution in [-0.4, -0.2) is 57.1 Å². The van der Waals surface area contributed by atoms with Gasteiger partial charge in [0.1, 0.15) is 18.3 Å². The SMILES string of the molecule is CC[C@@H](C)NC(=O)[C@H](CC)N(Cc1cccc(C)c1)C(=O)CN(c1ccc(OC)c(Cl)c1)S(C)(=O)=O. The van der Waals surface area contributed by atoms with E-state index >= 15 is 0 Å². The van der Waals surface area contributed by atoms with Crippen LogP contribution >= 0.6 is 11.6 Å². The van der Waals surface area contributed by atoms with Gasteiger partial charge in [0.15, 0.2) is 0 Å². The third-order valence-corrected chi connectivity index (χ3v) is 7.36. The maximum Gasteiger partial charge on any atom is 0.244 e. The molecule has 10 heteroatoms. The van der Waals surface area contributed by atoms with E-state index in [2.05, 4.69) is 5.32 Å². The van der Waals surface area contributed by atoms with E-state index < -0.39 is 28.5 Å². The molecule has 0 aromatic heterocycles. The summed E-state index contributed by atoms with van der Waals surface area (Å²) in [4.78, 5) is 28.3. The van der Waals surface area contributed by atoms with E-state index in [1.54, 1.807) is 6.07 Å². The topological polar surface area (TPSA) is 96.0 Å². The van der Waals surface area contributed by atoms with E-state index in [4.69, 9.17) is 16.3 Å². The van der Waals surface area contributed by atoms with E-state index in [9.17, 15) is 18.0 Å². The quantitative estimate of drug-likeness (QED) is 0.439. The summed E-state index contributed by atoms with van der Waals surface area (Å²) in [6, 6.07) is 11.3. The molecule has 2 atom stereocenters. The Morgan fingerprint density at radius 1 is 1.11 bits per heavy atom. The van der Waals surface area contributed by atoms with Gasteiger partial charge in [-0.25, -0.2) is 8.42 Å². The van der Waals surface area contributed by atoms with Gasteiger partial charge in [0.2, 0.25) is 21.8 Å². The molecule has 0 fully saturated rings. The smallest absolute Gasteiger partial charge is 0.244 e. The molecule has 1 N–H and O–H groups in total. The number of sulfonamides is 1. The average molecular weight is 538 g/mol. The van der Waals surface area contributed by atoms with Gasteiger partial charge in [0, 0.05) is 12.6 Å². The van der Waals surface area contributed by atoms with E-state index in [0.717, 1.165) is 28.1 Å². The Labute approximate surface area is 219 Å². The molecule has 0 bridgehead atoms. The molecule has 2 rings (SSSR count). The second kappa shape index (κ2) is 13.0. The second-order valence-corrected chi connectivity index (χ2v) is 11.2. The summed E-state index contributed by atoms with van der Waals surface area (Å²) in [5.41, 5.74) is 2.09. The van der Waals surface area contributed by atoms with Gasteiger partial charge in [0.05, 0.1) is 24.1 Å². The predicted molar refractivity (Wildman–Crippen MR) is 144 cm³/mol. The molecule has 2 aromatic carbocycles. The van der Waals surface area contributed by atoms with Crippen LogP contribution < -0.4 is 14.4 Å². The van der Waals surface area contributed by atoms with Gasteiger partial charge >= 0.3 is 0 Å². The Hall–Kier alpha value is -2.78. The number of halogens is 1. The van der Waals surface area contributed by atoms with Crippen LogP contribution in [0, 0.1) is 6.92 Å². The standard InChI is InChI=1S/C26H36ClN3O5S/c1-7-19(4)28-26(32)23(8-2)29(16-20-11-9-10-18(3)14-20)25(31)17-30(36(6,33)34)21-12-13-24(35-5)22(27)15-21/h9-15,19,23H,7-8,16-17H2,1-6H3,(H,28,32)/t19-,23+/m1/s1. The van der Waals surface area contributed by atoms with Crippen molar-refractivity contribution in [1.82, 2.24) is 10.2 Å². The number of benzene rings is 2. The fraction of sp³-hybridized carbons (Fsp3) is 0.462. The van der Waals surface area contributed by atoms with E-state index in [0.29, 0.717) is 12.2 Å². The first kappa shape index (κ1) is 29.5. The van der Waals surface area contributed by atoms with Crippen LogP contribution in [0.4, 0.5) is 5.69 Å². The number of anilines is 1. The van der Waals surface area contributed by atoms with Crippen molar-refractivity contribution in [3.05, 3.63) is 58.6 Å². The highest BCUT2D eigenvalue weighted by Crippen LogP contribution is 2.30. The first-order valence-electron chi connectivity index (χ1n) is 11.9. The van der Waals surface area contributed by atoms with Gasteiger partial charge in [-0.1, -0.05) is 55.3 Å². The highest BCUT2D eigenvalue weighted by Gasteiger charge is 2.32. The number of hydrogen-bond acceptors (Lipinski definition) is 5. The minimum Gasteiger partial charge on any atom is -0.495 e. The van der Waals surface area contributed by atoms with Crippen molar-refractivity contribution in [1.29, 1.82) is 0 Å². The number of methoxy groups -OCH3 is 1. The molecular formula is C26H36ClN3O5S. The lowest BCUT2D eigenvalue weighted by molar-refractivity contribution is -0.140. The number of amides is 2. The molecule has 0 spiro atoms. The summed E-state index contributed by atoms with van der Waals surface area (Å²) in [5.74, 6) is -0.389. The lowest BCUT2D eigenvalue weighted by atomic mass is 10.1. The zero-order valence-corrected chi connectivity index (χ0v) is 23.3. The van der Waals surface area contributed by atoms with Crippen LogP contribution in [0.5, 0.6) is 5.75 Å². The molecule has 36 heavy (non-hydrogen) atoms. The molecule has 2 amide bonds. The third kappa shape index (κ3) is 7.86. The van der Waals surface area contributed by atoms with Crippen molar-refractivity contribution in [2.75, 3.05) is 24.2 Å². The summed E-state index contributed by atoms with van der Waals surface area (Å²) in [6.45, 7) is 7.31. The molecule has 0 radical (unpaired) electrons. The molecule has 8 nitrogen and oxygen atoms in total. The summed E-state index contributed by atoms with van der Waals surface area (Å²) in [6.07, 6.45) is 2.14. The largest absolute Gasteiger partial charge is 0.495 e. The molecular weight excluding hydrogens is 502 g/mol. The molecule has 198 valence electrons. The van der Waals surface area contributed by atoms with Gasteiger partial charge < -0.3 is 15.0 Å². The molecule has 0 unspecified atom stereocenters. The Morgan fingerprint density at radius 3 is 2.33 bits per heavy atom. The van der Waals surface area contributed by atoms with Gasteiger partial charge in [-0.15, -0.1) is 0 Å². The monoisotopic (exact) mass is 537 g/mol. The van der Waals surface area contributed by atoms with Crippen molar-refractivity contribution in [3.8, 4) is 5.75 Å². The number of ether oxygens (including phenoxy) is 1. The third-order valence-electron chi connectivity index (χ3n) is 5.92. The number of aryl methyl sites for hydroxylation is 1. The van der Waals surface area contributed by atoms with E-state index in [1.807, 2.05) is 52.0 Å². The fourth-order valence-electron chi connectivity index (χ4n) is 3.79. The van der Waals surface area contributed by atoms with Gasteiger partial charge in [-0.2, -0.15) is 0 Å². The Morgan fingerprint density at radius 2 is 1.81 bits per heavy atom. The average Bonchev–Trinajstić information content (AvgIpc) is 2.81. The lowest BCUT2D eigenvalue weighted by Crippen LogP contribution is -2.53. The maximum atomic E-state index is 13.7. The van der Waals surface area contributed by atoms with Crippen LogP contribution in [0.1, 0.15) is 44.7 Å². The highest BCUT2D eigenvalue weighted by atomic mass is 35.5. The summed E-state index contributed by atoms with van der Waals surface area (Å²) < 4.78 is 31.6. The Bertz CT molecular complexity index is 1170. The Balaban J connectivity index is 2.47.